The standard InChI is InChI=1S/C30H37N5O2/c1-6-34(7-2)28(37)16-11-23-19-26-30(32-21(23)3)29(27(36)20-33-17-9-8-10-18-33)22(4)35(26)25-14-12-24(31-5)13-15-25/h12-15,19H,6-11,16-18,20H2,1-4H3. The third-order valence-corrected chi connectivity index (χ3v) is 7.53. The smallest absolute Gasteiger partial charge is 0.222 e. The van der Waals surface area contributed by atoms with E-state index in [1.54, 1.807) is 12.1 Å². The first-order valence-corrected chi connectivity index (χ1v) is 13.4. The van der Waals surface area contributed by atoms with E-state index in [1.165, 1.54) is 6.42 Å². The number of ketones is 1. The van der Waals surface area contributed by atoms with Crippen molar-refractivity contribution in [2.24, 2.45) is 0 Å². The van der Waals surface area contributed by atoms with Crippen molar-refractivity contribution < 1.29 is 9.59 Å². The summed E-state index contributed by atoms with van der Waals surface area (Å²) in [6.07, 6.45) is 4.52. The van der Waals surface area contributed by atoms with Gasteiger partial charge >= 0.3 is 0 Å². The largest absolute Gasteiger partial charge is 0.343 e. The molecular weight excluding hydrogens is 462 g/mol. The molecule has 0 unspecified atom stereocenters. The first kappa shape index (κ1) is 26.6. The van der Waals surface area contributed by atoms with Crippen LogP contribution in [0.2, 0.25) is 0 Å². The fraction of sp³-hybridized carbons (Fsp3) is 0.467. The third-order valence-electron chi connectivity index (χ3n) is 7.53. The van der Waals surface area contributed by atoms with E-state index < -0.39 is 0 Å². The quantitative estimate of drug-likeness (QED) is 0.281. The Morgan fingerprint density at radius 3 is 2.35 bits per heavy atom. The monoisotopic (exact) mass is 499 g/mol. The number of carbonyl (C=O) groups is 2. The number of pyridine rings is 1. The molecule has 0 spiro atoms. The molecule has 37 heavy (non-hydrogen) atoms. The Morgan fingerprint density at radius 2 is 1.73 bits per heavy atom. The minimum Gasteiger partial charge on any atom is -0.343 e. The van der Waals surface area contributed by atoms with E-state index in [9.17, 15) is 9.59 Å². The molecule has 0 N–H and O–H groups in total. The van der Waals surface area contributed by atoms with E-state index in [2.05, 4.69) is 20.4 Å². The minimum absolute atomic E-state index is 0.0947. The Bertz CT molecular complexity index is 1320. The average Bonchev–Trinajstić information content (AvgIpc) is 3.19. The van der Waals surface area contributed by atoms with E-state index in [-0.39, 0.29) is 11.7 Å². The maximum Gasteiger partial charge on any atom is 0.222 e. The summed E-state index contributed by atoms with van der Waals surface area (Å²) in [6.45, 7) is 19.0. The maximum atomic E-state index is 13.7. The van der Waals surface area contributed by atoms with Crippen molar-refractivity contribution in [3.05, 3.63) is 64.3 Å². The van der Waals surface area contributed by atoms with Gasteiger partial charge < -0.3 is 9.47 Å². The van der Waals surface area contributed by atoms with Crippen LogP contribution in [0.1, 0.15) is 66.8 Å². The van der Waals surface area contributed by atoms with Gasteiger partial charge in [-0.05, 0) is 83.8 Å². The average molecular weight is 500 g/mol. The topological polar surface area (TPSA) is 62.8 Å². The van der Waals surface area contributed by atoms with Crippen molar-refractivity contribution in [3.8, 4) is 5.69 Å². The molecular formula is C30H37N5O2. The minimum atomic E-state index is 0.0947. The van der Waals surface area contributed by atoms with E-state index in [1.807, 2.05) is 44.7 Å². The van der Waals surface area contributed by atoms with Gasteiger partial charge in [-0.3, -0.25) is 19.5 Å². The molecule has 4 rings (SSSR count). The first-order chi connectivity index (χ1) is 17.9. The van der Waals surface area contributed by atoms with Crippen LogP contribution in [0.3, 0.4) is 0 Å². The van der Waals surface area contributed by atoms with E-state index in [4.69, 9.17) is 11.6 Å². The molecule has 3 heterocycles. The molecule has 0 radical (unpaired) electrons. The number of nitrogens with zero attached hydrogens (tertiary/aromatic N) is 5. The van der Waals surface area contributed by atoms with E-state index in [0.717, 1.165) is 54.1 Å². The van der Waals surface area contributed by atoms with Crippen molar-refractivity contribution in [3.63, 3.8) is 0 Å². The predicted octanol–water partition coefficient (Wildman–Crippen LogP) is 5.66. The highest BCUT2D eigenvalue weighted by atomic mass is 16.2. The number of amides is 1. The summed E-state index contributed by atoms with van der Waals surface area (Å²) in [6, 6.07) is 9.53. The van der Waals surface area contributed by atoms with Crippen molar-refractivity contribution >= 4 is 28.4 Å². The van der Waals surface area contributed by atoms with Gasteiger partial charge in [0.25, 0.3) is 0 Å². The molecule has 194 valence electrons. The Morgan fingerprint density at radius 1 is 1.05 bits per heavy atom. The van der Waals surface area contributed by atoms with Gasteiger partial charge in [-0.15, -0.1) is 0 Å². The molecule has 1 aromatic carbocycles. The normalized spacial score (nSPS) is 14.0. The zero-order valence-electron chi connectivity index (χ0n) is 22.5. The highest BCUT2D eigenvalue weighted by Gasteiger charge is 2.25. The van der Waals surface area contributed by atoms with Gasteiger partial charge in [0.15, 0.2) is 11.5 Å². The van der Waals surface area contributed by atoms with Gasteiger partial charge in [-0.1, -0.05) is 18.6 Å². The van der Waals surface area contributed by atoms with Crippen LogP contribution in [0.15, 0.2) is 30.3 Å². The number of aryl methyl sites for hydroxylation is 2. The Hall–Kier alpha value is -3.50. The van der Waals surface area contributed by atoms with Crippen LogP contribution in [-0.2, 0) is 11.2 Å². The van der Waals surface area contributed by atoms with Crippen molar-refractivity contribution in [2.45, 2.75) is 59.8 Å². The number of benzene rings is 1. The molecule has 0 saturated carbocycles. The number of Topliss-reactive ketones (excluding diaryl/α,β-unsaturated/α-hetero) is 1. The lowest BCUT2D eigenvalue weighted by Crippen LogP contribution is -2.34. The van der Waals surface area contributed by atoms with Crippen molar-refractivity contribution in [1.82, 2.24) is 19.4 Å². The molecule has 2 aromatic heterocycles. The molecule has 7 nitrogen and oxygen atoms in total. The summed E-state index contributed by atoms with van der Waals surface area (Å²) < 4.78 is 2.08. The van der Waals surface area contributed by atoms with Gasteiger partial charge in [-0.2, -0.15) is 0 Å². The lowest BCUT2D eigenvalue weighted by Gasteiger charge is -2.25. The van der Waals surface area contributed by atoms with Crippen LogP contribution in [0, 0.1) is 20.4 Å². The number of likely N-dealkylation sites (tertiary alicyclic amines) is 1. The fourth-order valence-corrected chi connectivity index (χ4v) is 5.42. The zero-order chi connectivity index (χ0) is 26.5. The molecule has 1 fully saturated rings. The number of fused-ring (bicyclic) bond motifs is 1. The van der Waals surface area contributed by atoms with Gasteiger partial charge in [0.2, 0.25) is 5.91 Å². The number of carbonyl (C=O) groups excluding carboxylic acids is 2. The van der Waals surface area contributed by atoms with Crippen LogP contribution in [0.5, 0.6) is 0 Å². The summed E-state index contributed by atoms with van der Waals surface area (Å²) in [4.78, 5) is 38.9. The number of rotatable bonds is 9. The molecule has 0 aliphatic carbocycles. The van der Waals surface area contributed by atoms with Gasteiger partial charge in [0.1, 0.15) is 0 Å². The molecule has 7 heteroatoms. The lowest BCUT2D eigenvalue weighted by atomic mass is 10.0. The Kier molecular flexibility index (Phi) is 8.40. The second kappa shape index (κ2) is 11.7. The van der Waals surface area contributed by atoms with Gasteiger partial charge in [0.05, 0.1) is 29.7 Å². The summed E-state index contributed by atoms with van der Waals surface area (Å²) in [5.41, 5.74) is 6.44. The number of hydrogen-bond donors (Lipinski definition) is 0. The summed E-state index contributed by atoms with van der Waals surface area (Å²) in [5.74, 6) is 0.237. The fourth-order valence-electron chi connectivity index (χ4n) is 5.42. The summed E-state index contributed by atoms with van der Waals surface area (Å²) >= 11 is 0. The van der Waals surface area contributed by atoms with Crippen LogP contribution >= 0.6 is 0 Å². The van der Waals surface area contributed by atoms with Gasteiger partial charge in [-0.25, -0.2) is 4.85 Å². The van der Waals surface area contributed by atoms with E-state index in [0.29, 0.717) is 49.2 Å². The van der Waals surface area contributed by atoms with Gasteiger partial charge in [0, 0.05) is 36.6 Å². The predicted molar refractivity (Wildman–Crippen MR) is 148 cm³/mol. The molecule has 0 bridgehead atoms. The second-order valence-corrected chi connectivity index (χ2v) is 9.85. The number of aromatic nitrogens is 2. The van der Waals surface area contributed by atoms with E-state index >= 15 is 0 Å². The SMILES string of the molecule is [C-]#[N+]c1ccc(-n2c(C)c(C(=O)CN3CCCCC3)c3nc(C)c(CCC(=O)N(CC)CC)cc32)cc1. The van der Waals surface area contributed by atoms with Crippen molar-refractivity contribution in [1.29, 1.82) is 0 Å². The Labute approximate surface area is 219 Å². The second-order valence-electron chi connectivity index (χ2n) is 9.85. The number of piperidine rings is 1. The molecule has 1 aliphatic rings. The molecule has 1 amide bonds. The zero-order valence-corrected chi connectivity index (χ0v) is 22.5. The molecule has 0 atom stereocenters. The molecule has 1 saturated heterocycles. The van der Waals surface area contributed by atoms with Crippen LogP contribution < -0.4 is 0 Å². The molecule has 1 aliphatic heterocycles. The van der Waals surface area contributed by atoms with Crippen LogP contribution in [-0.4, -0.2) is 63.8 Å². The van der Waals surface area contributed by atoms with Crippen molar-refractivity contribution in [2.75, 3.05) is 32.7 Å². The first-order valence-electron chi connectivity index (χ1n) is 13.4. The highest BCUT2D eigenvalue weighted by molar-refractivity contribution is 6.09. The highest BCUT2D eigenvalue weighted by Crippen LogP contribution is 2.31. The Balaban J connectivity index is 1.78. The summed E-state index contributed by atoms with van der Waals surface area (Å²) in [7, 11) is 0. The van der Waals surface area contributed by atoms with Crippen LogP contribution in [0.25, 0.3) is 21.6 Å². The lowest BCUT2D eigenvalue weighted by molar-refractivity contribution is -0.130. The summed E-state index contributed by atoms with van der Waals surface area (Å²) in [5, 5.41) is 0. The molecule has 3 aromatic rings. The number of hydrogen-bond acceptors (Lipinski definition) is 4. The third kappa shape index (κ3) is 5.60. The van der Waals surface area contributed by atoms with Crippen LogP contribution in [0.4, 0.5) is 5.69 Å². The maximum absolute atomic E-state index is 13.7.